The summed E-state index contributed by atoms with van der Waals surface area (Å²) in [6.07, 6.45) is 6.59. The van der Waals surface area contributed by atoms with E-state index in [4.69, 9.17) is 0 Å². The van der Waals surface area contributed by atoms with E-state index in [-0.39, 0.29) is 0 Å². The van der Waals surface area contributed by atoms with Gasteiger partial charge >= 0.3 is 0 Å². The van der Waals surface area contributed by atoms with E-state index in [0.717, 1.165) is 24.2 Å². The zero-order valence-corrected chi connectivity index (χ0v) is 9.38. The van der Waals surface area contributed by atoms with Gasteiger partial charge in [0.25, 0.3) is 0 Å². The van der Waals surface area contributed by atoms with Crippen LogP contribution in [0.5, 0.6) is 0 Å². The van der Waals surface area contributed by atoms with Crippen LogP contribution in [0.2, 0.25) is 0 Å². The van der Waals surface area contributed by atoms with Crippen LogP contribution < -0.4 is 0 Å². The van der Waals surface area contributed by atoms with Gasteiger partial charge in [0.1, 0.15) is 5.69 Å². The Labute approximate surface area is 94.0 Å². The number of aryl methyl sites for hydroxylation is 2. The number of aromatic nitrogens is 5. The average molecular weight is 215 g/mol. The summed E-state index contributed by atoms with van der Waals surface area (Å²) >= 11 is 0. The maximum atomic E-state index is 4.46. The van der Waals surface area contributed by atoms with Crippen molar-refractivity contribution in [3.8, 4) is 11.5 Å². The highest BCUT2D eigenvalue weighted by molar-refractivity contribution is 5.46. The van der Waals surface area contributed by atoms with E-state index in [1.807, 2.05) is 6.92 Å². The molecule has 2 aromatic rings. The molecule has 2 heterocycles. The molecule has 2 rings (SSSR count). The molecule has 0 unspecified atom stereocenters. The second-order valence-corrected chi connectivity index (χ2v) is 3.33. The van der Waals surface area contributed by atoms with Crippen molar-refractivity contribution in [1.82, 2.24) is 25.1 Å². The van der Waals surface area contributed by atoms with E-state index in [9.17, 15) is 0 Å². The van der Waals surface area contributed by atoms with Gasteiger partial charge in [-0.2, -0.15) is 5.10 Å². The van der Waals surface area contributed by atoms with Crippen molar-refractivity contribution < 1.29 is 0 Å². The van der Waals surface area contributed by atoms with Crippen LogP contribution in [0.15, 0.2) is 18.6 Å². The Hall–Kier alpha value is -1.91. The normalized spacial score (nSPS) is 10.4. The van der Waals surface area contributed by atoms with Gasteiger partial charge in [0.2, 0.25) is 5.82 Å². The topological polar surface area (TPSA) is 64.5 Å². The third-order valence-electron chi connectivity index (χ3n) is 2.30. The molecule has 5 heteroatoms. The van der Waals surface area contributed by atoms with Gasteiger partial charge in [-0.3, -0.25) is 4.98 Å². The van der Waals surface area contributed by atoms with Crippen LogP contribution in [0.1, 0.15) is 25.2 Å². The smallest absolute Gasteiger partial charge is 0.202 e. The van der Waals surface area contributed by atoms with E-state index in [1.165, 1.54) is 0 Å². The molecular formula is C11H13N5. The van der Waals surface area contributed by atoms with Crippen LogP contribution in [0.4, 0.5) is 0 Å². The van der Waals surface area contributed by atoms with Gasteiger partial charge in [0.15, 0.2) is 0 Å². The number of rotatable bonds is 3. The molecule has 0 aliphatic carbocycles. The average Bonchev–Trinajstić information content (AvgIpc) is 2.39. The van der Waals surface area contributed by atoms with Crippen molar-refractivity contribution in [3.63, 3.8) is 0 Å². The molecule has 2 aromatic heterocycles. The molecule has 0 atom stereocenters. The fraction of sp³-hybridized carbons (Fsp3) is 0.364. The highest BCUT2D eigenvalue weighted by atomic mass is 15.2. The summed E-state index contributed by atoms with van der Waals surface area (Å²) < 4.78 is 0. The third kappa shape index (κ3) is 2.03. The molecular weight excluding hydrogens is 202 g/mol. The van der Waals surface area contributed by atoms with E-state index >= 15 is 0 Å². The molecule has 0 aromatic carbocycles. The van der Waals surface area contributed by atoms with Gasteiger partial charge in [0, 0.05) is 12.4 Å². The largest absolute Gasteiger partial charge is 0.261 e. The molecule has 16 heavy (non-hydrogen) atoms. The van der Waals surface area contributed by atoms with Crippen molar-refractivity contribution >= 4 is 0 Å². The second-order valence-electron chi connectivity index (χ2n) is 3.33. The van der Waals surface area contributed by atoms with E-state index in [2.05, 4.69) is 32.1 Å². The minimum atomic E-state index is 0.544. The van der Waals surface area contributed by atoms with Crippen LogP contribution >= 0.6 is 0 Å². The maximum absolute atomic E-state index is 4.46. The number of nitrogens with zero attached hydrogens (tertiary/aromatic N) is 5. The molecule has 0 N–H and O–H groups in total. The standard InChI is InChI=1S/C11H13N5/c1-3-8-9(4-2)15-16-11(14-8)10-7-12-5-6-13-10/h5-7H,3-4H2,1-2H3. The first kappa shape index (κ1) is 10.6. The molecule has 5 nitrogen and oxygen atoms in total. The summed E-state index contributed by atoms with van der Waals surface area (Å²) in [5.74, 6) is 0.544. The fourth-order valence-corrected chi connectivity index (χ4v) is 1.46. The van der Waals surface area contributed by atoms with Crippen molar-refractivity contribution in [2.24, 2.45) is 0 Å². The molecule has 0 amide bonds. The Kier molecular flexibility index (Phi) is 3.14. The summed E-state index contributed by atoms with van der Waals surface area (Å²) in [4.78, 5) is 12.6. The zero-order valence-electron chi connectivity index (χ0n) is 9.38. The first-order valence-electron chi connectivity index (χ1n) is 5.34. The highest BCUT2D eigenvalue weighted by Gasteiger charge is 2.08. The Balaban J connectivity index is 2.44. The van der Waals surface area contributed by atoms with Crippen molar-refractivity contribution in [2.45, 2.75) is 26.7 Å². The Bertz CT molecular complexity index is 469. The molecule has 0 aliphatic rings. The molecule has 0 saturated carbocycles. The first-order chi connectivity index (χ1) is 7.85. The Morgan fingerprint density at radius 2 is 1.81 bits per heavy atom. The van der Waals surface area contributed by atoms with E-state index in [0.29, 0.717) is 11.5 Å². The molecule has 0 bridgehead atoms. The number of hydrogen-bond acceptors (Lipinski definition) is 5. The minimum absolute atomic E-state index is 0.544. The quantitative estimate of drug-likeness (QED) is 0.775. The summed E-state index contributed by atoms with van der Waals surface area (Å²) in [5.41, 5.74) is 2.60. The van der Waals surface area contributed by atoms with Crippen molar-refractivity contribution in [1.29, 1.82) is 0 Å². The lowest BCUT2D eigenvalue weighted by Gasteiger charge is -2.04. The van der Waals surface area contributed by atoms with Crippen molar-refractivity contribution in [3.05, 3.63) is 30.0 Å². The zero-order chi connectivity index (χ0) is 11.4. The first-order valence-corrected chi connectivity index (χ1v) is 5.34. The lowest BCUT2D eigenvalue weighted by molar-refractivity contribution is 0.825. The minimum Gasteiger partial charge on any atom is -0.261 e. The highest BCUT2D eigenvalue weighted by Crippen LogP contribution is 2.11. The summed E-state index contributed by atoms with van der Waals surface area (Å²) in [6.45, 7) is 4.11. The monoisotopic (exact) mass is 215 g/mol. The van der Waals surface area contributed by atoms with Gasteiger partial charge in [-0.25, -0.2) is 9.97 Å². The van der Waals surface area contributed by atoms with E-state index in [1.54, 1.807) is 18.6 Å². The number of hydrogen-bond donors (Lipinski definition) is 0. The predicted molar refractivity (Wildman–Crippen MR) is 59.6 cm³/mol. The fourth-order valence-electron chi connectivity index (χ4n) is 1.46. The molecule has 0 spiro atoms. The molecule has 0 radical (unpaired) electrons. The SMILES string of the molecule is CCc1nnc(-c2cnccn2)nc1CC. The van der Waals surface area contributed by atoms with Crippen LogP contribution in [-0.4, -0.2) is 25.1 Å². The van der Waals surface area contributed by atoms with Crippen LogP contribution in [0.3, 0.4) is 0 Å². The summed E-state index contributed by atoms with van der Waals surface area (Å²) in [6, 6.07) is 0. The van der Waals surface area contributed by atoms with Crippen molar-refractivity contribution in [2.75, 3.05) is 0 Å². The predicted octanol–water partition coefficient (Wildman–Crippen LogP) is 1.45. The molecule has 82 valence electrons. The van der Waals surface area contributed by atoms with Crippen LogP contribution in [0.25, 0.3) is 11.5 Å². The Morgan fingerprint density at radius 3 is 2.44 bits per heavy atom. The molecule has 0 aliphatic heterocycles. The van der Waals surface area contributed by atoms with Gasteiger partial charge in [-0.05, 0) is 12.8 Å². The van der Waals surface area contributed by atoms with Gasteiger partial charge < -0.3 is 0 Å². The van der Waals surface area contributed by atoms with Crippen LogP contribution in [-0.2, 0) is 12.8 Å². The molecule has 0 fully saturated rings. The lowest BCUT2D eigenvalue weighted by atomic mass is 10.2. The maximum Gasteiger partial charge on any atom is 0.202 e. The second kappa shape index (κ2) is 4.74. The summed E-state index contributed by atoms with van der Waals surface area (Å²) in [7, 11) is 0. The molecule has 0 saturated heterocycles. The Morgan fingerprint density at radius 1 is 1.00 bits per heavy atom. The van der Waals surface area contributed by atoms with Gasteiger partial charge in [0.05, 0.1) is 17.6 Å². The van der Waals surface area contributed by atoms with Crippen LogP contribution in [0, 0.1) is 0 Å². The third-order valence-corrected chi connectivity index (χ3v) is 2.30. The van der Waals surface area contributed by atoms with Gasteiger partial charge in [-0.1, -0.05) is 13.8 Å². The lowest BCUT2D eigenvalue weighted by Crippen LogP contribution is -2.05. The van der Waals surface area contributed by atoms with E-state index < -0.39 is 0 Å². The van der Waals surface area contributed by atoms with Gasteiger partial charge in [-0.15, -0.1) is 5.10 Å². The summed E-state index contributed by atoms with van der Waals surface area (Å²) in [5, 5.41) is 8.23.